The van der Waals surface area contributed by atoms with Crippen LogP contribution in [0.15, 0.2) is 177 Å². The molecule has 285 valence electrons. The van der Waals surface area contributed by atoms with Crippen LogP contribution in [0.5, 0.6) is 0 Å². The van der Waals surface area contributed by atoms with Crippen LogP contribution in [0, 0.1) is 12.1 Å². The monoisotopic (exact) mass is 935 g/mol. The maximum absolute atomic E-state index is 11.6. The number of nitrogens with one attached hydrogen (secondary N) is 1. The van der Waals surface area contributed by atoms with Gasteiger partial charge in [0, 0.05) is 68.4 Å². The summed E-state index contributed by atoms with van der Waals surface area (Å²) in [4.78, 5) is 61.6. The van der Waals surface area contributed by atoms with E-state index in [4.69, 9.17) is 0 Å². The molecule has 57 heavy (non-hydrogen) atoms. The summed E-state index contributed by atoms with van der Waals surface area (Å²) in [5, 5.41) is 5.62. The molecule has 5 heterocycles. The number of carbonyl (C=O) groups excluding carboxylic acids is 4. The molecule has 8 aromatic rings. The second-order valence-electron chi connectivity index (χ2n) is 11.2. The van der Waals surface area contributed by atoms with Crippen molar-refractivity contribution in [3.8, 4) is 11.4 Å². The Morgan fingerprint density at radius 2 is 0.842 bits per heavy atom. The van der Waals surface area contributed by atoms with Gasteiger partial charge in [-0.3, -0.25) is 39.5 Å². The summed E-state index contributed by atoms with van der Waals surface area (Å²) in [6.45, 7) is 0. The molecule has 0 aliphatic carbocycles. The number of halogens is 1. The zero-order chi connectivity index (χ0) is 38.2. The topological polar surface area (TPSA) is 156 Å². The van der Waals surface area contributed by atoms with Crippen LogP contribution >= 0.6 is 0 Å². The summed E-state index contributed by atoms with van der Waals surface area (Å²) in [5.41, 5.74) is 5.02. The molecule has 4 amide bonds. The van der Waals surface area contributed by atoms with Gasteiger partial charge in [0.15, 0.2) is 17.4 Å². The van der Waals surface area contributed by atoms with Crippen LogP contribution in [-0.4, -0.2) is 52.7 Å². The summed E-state index contributed by atoms with van der Waals surface area (Å²) in [7, 11) is 0. The van der Waals surface area contributed by atoms with Gasteiger partial charge in [-0.2, -0.15) is 36.4 Å². The van der Waals surface area contributed by atoms with Gasteiger partial charge in [0.2, 0.25) is 0 Å². The van der Waals surface area contributed by atoms with Gasteiger partial charge in [0.1, 0.15) is 23.2 Å². The molecule has 8 rings (SSSR count). The molecule has 0 atom stereocenters. The molecule has 14 heteroatoms. The zero-order valence-electron chi connectivity index (χ0n) is 29.7. The van der Waals surface area contributed by atoms with Crippen molar-refractivity contribution in [1.29, 1.82) is 0 Å². The summed E-state index contributed by atoms with van der Waals surface area (Å²) >= 11 is 0. The van der Waals surface area contributed by atoms with Gasteiger partial charge < -0.3 is 14.9 Å². The molecule has 0 saturated carbocycles. The van der Waals surface area contributed by atoms with Crippen molar-refractivity contribution >= 4 is 34.7 Å². The Labute approximate surface area is 340 Å². The number of carbonyl (C=O) groups is 4. The standard InChI is InChI=1S/C19H13N2.2C12H9N3O2.FH.Ir/c1-3-9-16(10-4-1)20-15-21(17-11-5-2-6-12-17)19-14-8-7-13-18(19)20;2*16-11(9-5-1-3-7-13-9)15-12(17)10-6-2-4-8-14-10;;/h1-9,11,13-15H;2*1-8H,(H,15,16,17);1H;/q-1;;;;/p-1. The van der Waals surface area contributed by atoms with E-state index in [-0.39, 0.29) is 47.6 Å². The van der Waals surface area contributed by atoms with Crippen molar-refractivity contribution < 1.29 is 44.0 Å². The number of aromatic nitrogens is 6. The number of para-hydroxylation sites is 4. The molecule has 12 nitrogen and oxygen atoms in total. The number of hydrogen-bond acceptors (Lipinski definition) is 8. The molecule has 3 aromatic carbocycles. The first kappa shape index (κ1) is 42.3. The maximum Gasteiger partial charge on any atom is 0.276 e. The zero-order valence-corrected chi connectivity index (χ0v) is 32.1. The van der Waals surface area contributed by atoms with Crippen molar-refractivity contribution in [2.75, 3.05) is 0 Å². The maximum atomic E-state index is 11.6. The minimum Gasteiger partial charge on any atom is -0.585 e. The first-order valence-corrected chi connectivity index (χ1v) is 16.7. The molecule has 1 radical (unpaired) electrons. The van der Waals surface area contributed by atoms with Gasteiger partial charge in [0.05, 0.1) is 11.4 Å². The average molecular weight is 935 g/mol. The third-order valence-corrected chi connectivity index (χ3v) is 7.53. The van der Waals surface area contributed by atoms with Crippen LogP contribution in [0.2, 0.25) is 0 Å². The van der Waals surface area contributed by atoms with E-state index in [1.165, 1.54) is 49.1 Å². The second kappa shape index (κ2) is 21.5. The van der Waals surface area contributed by atoms with E-state index in [2.05, 4.69) is 94.6 Å². The van der Waals surface area contributed by atoms with E-state index >= 15 is 0 Å². The van der Waals surface area contributed by atoms with Crippen molar-refractivity contribution in [2.45, 2.75) is 0 Å². The molecular formula is C43H31FIrN8O4-2. The van der Waals surface area contributed by atoms with E-state index in [9.17, 15) is 19.2 Å². The van der Waals surface area contributed by atoms with Gasteiger partial charge in [-0.1, -0.05) is 36.4 Å². The molecule has 0 saturated heterocycles. The number of nitrogens with zero attached hydrogens (tertiary/aromatic N) is 7. The van der Waals surface area contributed by atoms with Gasteiger partial charge in [-0.05, 0) is 48.5 Å². The first-order chi connectivity index (χ1) is 27.0. The summed E-state index contributed by atoms with van der Waals surface area (Å²) < 4.78 is 4.30. The number of pyridine rings is 4. The number of imidazole rings is 1. The normalized spacial score (nSPS) is 9.75. The number of imide groups is 2. The Kier molecular flexibility index (Phi) is 15.9. The van der Waals surface area contributed by atoms with Crippen LogP contribution in [0.25, 0.3) is 27.7 Å². The first-order valence-electron chi connectivity index (χ1n) is 16.7. The quantitative estimate of drug-likeness (QED) is 0.134. The number of hydrogen-bond donors (Lipinski definition) is 1. The minimum atomic E-state index is -0.666. The SMILES string of the molecule is F.O=C(NC(=O)c1ccccn1)c1ccccn1.O=C([N-]C(=O)c1ccccn1)c1ccccn1.[Ir].[c-]1ccccc1-n1[cH+]n(-c2[c-]cccc2)c2ccccc21. The molecule has 5 aromatic heterocycles. The molecule has 0 fully saturated rings. The van der Waals surface area contributed by atoms with Crippen molar-refractivity contribution in [1.82, 2.24) is 34.4 Å². The summed E-state index contributed by atoms with van der Waals surface area (Å²) in [5.74, 6) is -2.41. The fourth-order valence-corrected chi connectivity index (χ4v) is 4.97. The molecule has 0 spiro atoms. The Hall–Kier alpha value is -7.41. The summed E-state index contributed by atoms with van der Waals surface area (Å²) in [6.07, 6.45) is 7.99. The average Bonchev–Trinajstić information content (AvgIpc) is 3.66. The van der Waals surface area contributed by atoms with Gasteiger partial charge in [0.25, 0.3) is 11.8 Å². The van der Waals surface area contributed by atoms with Crippen molar-refractivity contribution in [3.05, 3.63) is 217 Å². The van der Waals surface area contributed by atoms with Crippen molar-refractivity contribution in [3.63, 3.8) is 0 Å². The minimum absolute atomic E-state index is 0. The second-order valence-corrected chi connectivity index (χ2v) is 11.2. The third kappa shape index (κ3) is 11.5. The van der Waals surface area contributed by atoms with E-state index in [0.717, 1.165) is 22.4 Å². The van der Waals surface area contributed by atoms with Gasteiger partial charge >= 0.3 is 0 Å². The molecule has 0 aliphatic heterocycles. The summed E-state index contributed by atoms with van der Waals surface area (Å²) in [6, 6.07) is 50.4. The van der Waals surface area contributed by atoms with E-state index in [1.807, 2.05) is 36.4 Å². The van der Waals surface area contributed by atoms with Crippen LogP contribution in [0.3, 0.4) is 0 Å². The Morgan fingerprint density at radius 1 is 0.491 bits per heavy atom. The molecular weight excluding hydrogens is 904 g/mol. The Balaban J connectivity index is 0.000000188. The third-order valence-electron chi connectivity index (χ3n) is 7.53. The predicted octanol–water partition coefficient (Wildman–Crippen LogP) is 7.33. The van der Waals surface area contributed by atoms with E-state index < -0.39 is 23.6 Å². The fourth-order valence-electron chi connectivity index (χ4n) is 4.97. The number of benzene rings is 3. The van der Waals surface area contributed by atoms with Gasteiger partial charge in [-0.15, -0.1) is 24.3 Å². The molecule has 0 bridgehead atoms. The van der Waals surface area contributed by atoms with Crippen LogP contribution < -0.4 is 5.32 Å². The largest absolute Gasteiger partial charge is 0.585 e. The van der Waals surface area contributed by atoms with Gasteiger partial charge in [-0.25, -0.2) is 9.13 Å². The van der Waals surface area contributed by atoms with E-state index in [1.54, 1.807) is 48.5 Å². The smallest absolute Gasteiger partial charge is 0.276 e. The van der Waals surface area contributed by atoms with Crippen LogP contribution in [-0.2, 0) is 20.1 Å². The van der Waals surface area contributed by atoms with Crippen molar-refractivity contribution in [2.24, 2.45) is 0 Å². The number of rotatable bonds is 6. The Morgan fingerprint density at radius 3 is 1.18 bits per heavy atom. The number of fused-ring (bicyclic) bond motifs is 1. The Bertz CT molecular complexity index is 2230. The predicted molar refractivity (Wildman–Crippen MR) is 208 cm³/mol. The van der Waals surface area contributed by atoms with Crippen LogP contribution in [0.1, 0.15) is 42.0 Å². The van der Waals surface area contributed by atoms with Crippen LogP contribution in [0.4, 0.5) is 4.70 Å². The number of amides is 4. The molecule has 0 aliphatic rings. The fraction of sp³-hybridized carbons (Fsp3) is 0. The molecule has 1 N–H and O–H groups in total. The molecule has 0 unspecified atom stereocenters. The van der Waals surface area contributed by atoms with E-state index in [0.29, 0.717) is 0 Å².